The molecule has 5 aromatic heterocycles. The van der Waals surface area contributed by atoms with Gasteiger partial charge in [-0.25, -0.2) is 14.4 Å². The molecular weight excluding hydrogens is 431 g/mol. The molecule has 0 amide bonds. The number of fused-ring (bicyclic) bond motifs is 2. The van der Waals surface area contributed by atoms with E-state index in [-0.39, 0.29) is 5.82 Å². The summed E-state index contributed by atoms with van der Waals surface area (Å²) in [7, 11) is 3.95. The number of H-pyrrole nitrogens is 2. The number of aromatic amines is 2. The number of nitrogens with zero attached hydrogens (tertiary/aromatic N) is 6. The van der Waals surface area contributed by atoms with Crippen LogP contribution < -0.4 is 4.90 Å². The van der Waals surface area contributed by atoms with Gasteiger partial charge in [-0.05, 0) is 30.3 Å². The lowest BCUT2D eigenvalue weighted by molar-refractivity contribution is 0.631. The van der Waals surface area contributed by atoms with Gasteiger partial charge in [-0.2, -0.15) is 5.10 Å². The predicted octanol–water partition coefficient (Wildman–Crippen LogP) is 4.83. The third kappa shape index (κ3) is 3.25. The van der Waals surface area contributed by atoms with Gasteiger partial charge in [-0.15, -0.1) is 0 Å². The van der Waals surface area contributed by atoms with Crippen LogP contribution in [-0.2, 0) is 0 Å². The lowest BCUT2D eigenvalue weighted by Gasteiger charge is -2.12. The molecule has 6 aromatic rings. The van der Waals surface area contributed by atoms with Crippen molar-refractivity contribution in [3.8, 4) is 33.9 Å². The molecule has 0 radical (unpaired) electrons. The number of benzene rings is 1. The predicted molar refractivity (Wildman–Crippen MR) is 130 cm³/mol. The summed E-state index contributed by atoms with van der Waals surface area (Å²) in [5, 5.41) is 8.25. The van der Waals surface area contributed by atoms with Gasteiger partial charge in [-0.1, -0.05) is 12.1 Å². The Bertz CT molecular complexity index is 1670. The average Bonchev–Trinajstić information content (AvgIpc) is 3.48. The minimum atomic E-state index is -0.348. The number of nitrogens with one attached hydrogen (secondary N) is 2. The first-order valence-electron chi connectivity index (χ1n) is 10.7. The molecule has 0 unspecified atom stereocenters. The SMILES string of the molecule is CN(C)c1cncc(-c2cnc3[nH]nc(-c4nc5c(-c6ccccc6F)nccc5[nH]4)c3c2)c1. The molecule has 0 aliphatic carbocycles. The van der Waals surface area contributed by atoms with Gasteiger partial charge in [-0.3, -0.25) is 15.1 Å². The Balaban J connectivity index is 1.49. The van der Waals surface area contributed by atoms with Gasteiger partial charge >= 0.3 is 0 Å². The van der Waals surface area contributed by atoms with Crippen LogP contribution in [0.5, 0.6) is 0 Å². The van der Waals surface area contributed by atoms with E-state index in [1.54, 1.807) is 30.6 Å². The molecule has 0 saturated carbocycles. The van der Waals surface area contributed by atoms with Gasteiger partial charge in [0.05, 0.1) is 22.8 Å². The van der Waals surface area contributed by atoms with E-state index in [4.69, 9.17) is 4.98 Å². The van der Waals surface area contributed by atoms with Gasteiger partial charge in [0.1, 0.15) is 22.7 Å². The normalized spacial score (nSPS) is 11.4. The van der Waals surface area contributed by atoms with Crippen LogP contribution in [0.3, 0.4) is 0 Å². The van der Waals surface area contributed by atoms with Crippen LogP contribution in [0.2, 0.25) is 0 Å². The highest BCUT2D eigenvalue weighted by atomic mass is 19.1. The first-order valence-corrected chi connectivity index (χ1v) is 10.7. The minimum absolute atomic E-state index is 0.348. The topological polar surface area (TPSA) is 99.3 Å². The van der Waals surface area contributed by atoms with E-state index in [0.29, 0.717) is 33.9 Å². The molecule has 34 heavy (non-hydrogen) atoms. The summed E-state index contributed by atoms with van der Waals surface area (Å²) < 4.78 is 14.5. The molecule has 9 heteroatoms. The molecule has 2 N–H and O–H groups in total. The third-order valence-corrected chi connectivity index (χ3v) is 5.74. The molecule has 0 aliphatic heterocycles. The minimum Gasteiger partial charge on any atom is -0.376 e. The summed E-state index contributed by atoms with van der Waals surface area (Å²) in [6.45, 7) is 0. The maximum Gasteiger partial charge on any atom is 0.159 e. The Labute approximate surface area is 193 Å². The summed E-state index contributed by atoms with van der Waals surface area (Å²) in [6.07, 6.45) is 7.05. The summed E-state index contributed by atoms with van der Waals surface area (Å²) in [4.78, 5) is 23.3. The molecule has 6 rings (SSSR count). The average molecular weight is 450 g/mol. The molecular formula is C25H19FN8. The maximum absolute atomic E-state index is 14.5. The Morgan fingerprint density at radius 3 is 2.62 bits per heavy atom. The quantitative estimate of drug-likeness (QED) is 0.399. The van der Waals surface area contributed by atoms with Crippen molar-refractivity contribution in [3.05, 3.63) is 73.1 Å². The van der Waals surface area contributed by atoms with E-state index < -0.39 is 0 Å². The van der Waals surface area contributed by atoms with Gasteiger partial charge in [0.2, 0.25) is 0 Å². The largest absolute Gasteiger partial charge is 0.376 e. The highest BCUT2D eigenvalue weighted by Crippen LogP contribution is 2.32. The molecule has 8 nitrogen and oxygen atoms in total. The van der Waals surface area contributed by atoms with E-state index in [1.807, 2.05) is 43.5 Å². The molecule has 166 valence electrons. The van der Waals surface area contributed by atoms with Crippen LogP contribution in [0.15, 0.2) is 67.3 Å². The Kier molecular flexibility index (Phi) is 4.54. The van der Waals surface area contributed by atoms with Crippen molar-refractivity contribution in [2.75, 3.05) is 19.0 Å². The van der Waals surface area contributed by atoms with E-state index in [9.17, 15) is 4.39 Å². The standard InChI is InChI=1S/C25H19FN8/c1-34(2)16-9-14(11-27-13-16)15-10-18-22(32-33-24(18)29-12-15)25-30-20-7-8-28-21(23(20)31-25)17-5-3-4-6-19(17)26/h3-13H,1-2H3,(H,30,31)(H,29,32,33). The zero-order chi connectivity index (χ0) is 23.2. The second-order valence-corrected chi connectivity index (χ2v) is 8.14. The Morgan fingerprint density at radius 2 is 1.76 bits per heavy atom. The van der Waals surface area contributed by atoms with Crippen LogP contribution in [0.1, 0.15) is 0 Å². The highest BCUT2D eigenvalue weighted by Gasteiger charge is 2.18. The number of imidazole rings is 1. The number of halogens is 1. The lowest BCUT2D eigenvalue weighted by atomic mass is 10.1. The maximum atomic E-state index is 14.5. The van der Waals surface area contributed by atoms with Gasteiger partial charge < -0.3 is 9.88 Å². The molecule has 0 atom stereocenters. The zero-order valence-electron chi connectivity index (χ0n) is 18.4. The van der Waals surface area contributed by atoms with Crippen molar-refractivity contribution >= 4 is 27.8 Å². The first kappa shape index (κ1) is 20.0. The molecule has 5 heterocycles. The number of hydrogen-bond acceptors (Lipinski definition) is 6. The fourth-order valence-electron chi connectivity index (χ4n) is 3.97. The summed E-state index contributed by atoms with van der Waals surface area (Å²) in [5.41, 5.74) is 6.31. The van der Waals surface area contributed by atoms with Gasteiger partial charge in [0.15, 0.2) is 11.5 Å². The molecule has 0 aliphatic rings. The van der Waals surface area contributed by atoms with Crippen LogP contribution in [-0.4, -0.2) is 49.2 Å². The summed E-state index contributed by atoms with van der Waals surface area (Å²) >= 11 is 0. The van der Waals surface area contributed by atoms with Crippen molar-refractivity contribution in [2.24, 2.45) is 0 Å². The number of rotatable bonds is 4. The summed E-state index contributed by atoms with van der Waals surface area (Å²) in [5.74, 6) is 0.200. The molecule has 0 bridgehead atoms. The second-order valence-electron chi connectivity index (χ2n) is 8.14. The zero-order valence-corrected chi connectivity index (χ0v) is 18.4. The van der Waals surface area contributed by atoms with Crippen molar-refractivity contribution in [1.29, 1.82) is 0 Å². The molecule has 1 aromatic carbocycles. The molecule has 0 saturated heterocycles. The van der Waals surface area contributed by atoms with Crippen LogP contribution in [0.4, 0.5) is 10.1 Å². The fraction of sp³-hybridized carbons (Fsp3) is 0.0800. The van der Waals surface area contributed by atoms with Crippen LogP contribution >= 0.6 is 0 Å². The third-order valence-electron chi connectivity index (χ3n) is 5.74. The van der Waals surface area contributed by atoms with Crippen molar-refractivity contribution in [3.63, 3.8) is 0 Å². The number of pyridine rings is 3. The molecule has 0 spiro atoms. The monoisotopic (exact) mass is 450 g/mol. The number of aromatic nitrogens is 7. The van der Waals surface area contributed by atoms with E-state index >= 15 is 0 Å². The number of anilines is 1. The number of hydrogen-bond donors (Lipinski definition) is 2. The highest BCUT2D eigenvalue weighted by molar-refractivity contribution is 5.96. The van der Waals surface area contributed by atoms with Crippen molar-refractivity contribution in [2.45, 2.75) is 0 Å². The van der Waals surface area contributed by atoms with Crippen LogP contribution in [0, 0.1) is 5.82 Å². The second kappa shape index (κ2) is 7.73. The summed E-state index contributed by atoms with van der Waals surface area (Å²) in [6, 6.07) is 12.4. The fourth-order valence-corrected chi connectivity index (χ4v) is 3.97. The van der Waals surface area contributed by atoms with Crippen LogP contribution in [0.25, 0.3) is 56.0 Å². The Morgan fingerprint density at radius 1 is 0.912 bits per heavy atom. The van der Waals surface area contributed by atoms with E-state index in [1.165, 1.54) is 6.07 Å². The van der Waals surface area contributed by atoms with Crippen molar-refractivity contribution in [1.82, 2.24) is 35.1 Å². The molecule has 0 fully saturated rings. The smallest absolute Gasteiger partial charge is 0.159 e. The van der Waals surface area contributed by atoms with Gasteiger partial charge in [0.25, 0.3) is 0 Å². The Hall–Kier alpha value is -4.66. The first-order chi connectivity index (χ1) is 16.6. The van der Waals surface area contributed by atoms with E-state index in [0.717, 1.165) is 27.7 Å². The van der Waals surface area contributed by atoms with Crippen molar-refractivity contribution < 1.29 is 4.39 Å². The van der Waals surface area contributed by atoms with Gasteiger partial charge in [0, 0.05) is 49.4 Å². The lowest BCUT2D eigenvalue weighted by Crippen LogP contribution is -2.08. The van der Waals surface area contributed by atoms with E-state index in [2.05, 4.69) is 36.2 Å².